The van der Waals surface area contributed by atoms with E-state index >= 15 is 0 Å². The van der Waals surface area contributed by atoms with E-state index in [0.29, 0.717) is 27.7 Å². The summed E-state index contributed by atoms with van der Waals surface area (Å²) >= 11 is 7.29. The molecule has 2 N–H and O–H groups in total. The third kappa shape index (κ3) is 5.88. The maximum Gasteiger partial charge on any atom is 0.393 e. The highest BCUT2D eigenvalue weighted by Gasteiger charge is 2.28. The van der Waals surface area contributed by atoms with Gasteiger partial charge in [-0.3, -0.25) is 9.69 Å². The first-order valence-electron chi connectivity index (χ1n) is 10.5. The van der Waals surface area contributed by atoms with Gasteiger partial charge in [-0.15, -0.1) is 11.3 Å². The van der Waals surface area contributed by atoms with Crippen LogP contribution in [0.15, 0.2) is 53.9 Å². The summed E-state index contributed by atoms with van der Waals surface area (Å²) in [4.78, 5) is 17.5. The molecule has 2 heterocycles. The van der Waals surface area contributed by atoms with Crippen molar-refractivity contribution in [2.24, 2.45) is 0 Å². The Balaban J connectivity index is 1.38. The number of piperazine rings is 1. The molecule has 2 aromatic carbocycles. The number of anilines is 2. The molecule has 33 heavy (non-hydrogen) atoms. The van der Waals surface area contributed by atoms with Gasteiger partial charge in [0.2, 0.25) is 0 Å². The fourth-order valence-electron chi connectivity index (χ4n) is 3.99. The van der Waals surface area contributed by atoms with Crippen molar-refractivity contribution in [2.45, 2.75) is 19.1 Å². The fourth-order valence-corrected chi connectivity index (χ4v) is 4.92. The molecule has 0 atom stereocenters. The standard InChI is InChI=1S/C24H23ClF3N3OS/c25-19-5-3-17(4-6-19)22(32)21-18(15-33-23(21)29)14-30-9-11-31(12-10-30)20-7-1-16(2-8-20)13-24(26,27)28/h1-8,15H,9-14,29H2. The SMILES string of the molecule is Nc1scc(CN2CCN(c3ccc(CC(F)(F)F)cc3)CC2)c1C(=O)c1ccc(Cl)cc1. The highest BCUT2D eigenvalue weighted by atomic mass is 35.5. The van der Waals surface area contributed by atoms with Gasteiger partial charge >= 0.3 is 6.18 Å². The number of alkyl halides is 3. The van der Waals surface area contributed by atoms with Gasteiger partial charge in [0.1, 0.15) is 0 Å². The lowest BCUT2D eigenvalue weighted by Crippen LogP contribution is -2.46. The molecule has 174 valence electrons. The number of nitrogens with zero attached hydrogens (tertiary/aromatic N) is 2. The Morgan fingerprint density at radius 2 is 1.64 bits per heavy atom. The Labute approximate surface area is 199 Å². The van der Waals surface area contributed by atoms with Crippen molar-refractivity contribution in [3.63, 3.8) is 0 Å². The lowest BCUT2D eigenvalue weighted by molar-refractivity contribution is -0.127. The molecule has 0 spiro atoms. The number of carbonyl (C=O) groups excluding carboxylic acids is 1. The van der Waals surface area contributed by atoms with Crippen LogP contribution in [0.3, 0.4) is 0 Å². The second kappa shape index (κ2) is 9.75. The van der Waals surface area contributed by atoms with E-state index in [4.69, 9.17) is 17.3 Å². The van der Waals surface area contributed by atoms with E-state index in [2.05, 4.69) is 9.80 Å². The van der Waals surface area contributed by atoms with E-state index in [1.165, 1.54) is 23.5 Å². The second-order valence-electron chi connectivity index (χ2n) is 8.06. The molecule has 3 aromatic rings. The smallest absolute Gasteiger partial charge is 0.390 e. The summed E-state index contributed by atoms with van der Waals surface area (Å²) in [5.41, 5.74) is 9.31. The normalized spacial score (nSPS) is 15.1. The van der Waals surface area contributed by atoms with Gasteiger partial charge in [0.15, 0.2) is 5.78 Å². The van der Waals surface area contributed by atoms with Crippen molar-refractivity contribution in [2.75, 3.05) is 36.8 Å². The lowest BCUT2D eigenvalue weighted by atomic mass is 10.0. The van der Waals surface area contributed by atoms with Crippen LogP contribution < -0.4 is 10.6 Å². The van der Waals surface area contributed by atoms with E-state index in [-0.39, 0.29) is 11.3 Å². The van der Waals surface area contributed by atoms with Crippen LogP contribution in [-0.4, -0.2) is 43.0 Å². The molecule has 0 aliphatic carbocycles. The minimum Gasteiger partial charge on any atom is -0.390 e. The molecular formula is C24H23ClF3N3OS. The quantitative estimate of drug-likeness (QED) is 0.451. The summed E-state index contributed by atoms with van der Waals surface area (Å²) in [5, 5.41) is 3.00. The van der Waals surface area contributed by atoms with Crippen molar-refractivity contribution < 1.29 is 18.0 Å². The van der Waals surface area contributed by atoms with Crippen molar-refractivity contribution in [1.82, 2.24) is 4.90 Å². The maximum absolute atomic E-state index is 13.0. The second-order valence-corrected chi connectivity index (χ2v) is 9.41. The molecule has 1 aliphatic rings. The number of hydrogen-bond acceptors (Lipinski definition) is 5. The van der Waals surface area contributed by atoms with Gasteiger partial charge in [-0.2, -0.15) is 13.2 Å². The Morgan fingerprint density at radius 1 is 1.00 bits per heavy atom. The largest absolute Gasteiger partial charge is 0.393 e. The molecular weight excluding hydrogens is 471 g/mol. The zero-order chi connectivity index (χ0) is 23.6. The Morgan fingerprint density at radius 3 is 2.24 bits per heavy atom. The molecule has 0 saturated carbocycles. The molecule has 9 heteroatoms. The first kappa shape index (κ1) is 23.6. The number of benzene rings is 2. The van der Waals surface area contributed by atoms with Crippen molar-refractivity contribution in [3.05, 3.63) is 81.2 Å². The molecule has 1 saturated heterocycles. The van der Waals surface area contributed by atoms with Crippen molar-refractivity contribution in [3.8, 4) is 0 Å². The van der Waals surface area contributed by atoms with Gasteiger partial charge in [-0.1, -0.05) is 23.7 Å². The number of nitrogen functional groups attached to an aromatic ring is 1. The highest BCUT2D eigenvalue weighted by Crippen LogP contribution is 2.30. The molecule has 1 fully saturated rings. The summed E-state index contributed by atoms with van der Waals surface area (Å²) in [6.07, 6.45) is -5.12. The summed E-state index contributed by atoms with van der Waals surface area (Å²) in [6.45, 7) is 3.65. The predicted octanol–water partition coefficient (Wildman–Crippen LogP) is 5.64. The van der Waals surface area contributed by atoms with Crippen LogP contribution in [0.4, 0.5) is 23.9 Å². The van der Waals surface area contributed by atoms with Crippen LogP contribution >= 0.6 is 22.9 Å². The van der Waals surface area contributed by atoms with Gasteiger partial charge in [-0.25, -0.2) is 0 Å². The zero-order valence-electron chi connectivity index (χ0n) is 17.7. The topological polar surface area (TPSA) is 49.6 Å². The number of thiophene rings is 1. The highest BCUT2D eigenvalue weighted by molar-refractivity contribution is 7.14. The van der Waals surface area contributed by atoms with E-state index in [1.54, 1.807) is 36.4 Å². The first-order valence-corrected chi connectivity index (χ1v) is 11.7. The third-order valence-electron chi connectivity index (χ3n) is 5.70. The van der Waals surface area contributed by atoms with Crippen LogP contribution in [-0.2, 0) is 13.0 Å². The van der Waals surface area contributed by atoms with Gasteiger partial charge in [0.25, 0.3) is 0 Å². The Kier molecular flexibility index (Phi) is 6.97. The summed E-state index contributed by atoms with van der Waals surface area (Å²) in [6, 6.07) is 13.3. The predicted molar refractivity (Wildman–Crippen MR) is 127 cm³/mol. The van der Waals surface area contributed by atoms with Crippen molar-refractivity contribution in [1.29, 1.82) is 0 Å². The number of nitrogens with two attached hydrogens (primary N) is 1. The summed E-state index contributed by atoms with van der Waals surface area (Å²) in [5.74, 6) is -0.113. The first-order chi connectivity index (χ1) is 15.7. The van der Waals surface area contributed by atoms with E-state index in [0.717, 1.165) is 37.4 Å². The van der Waals surface area contributed by atoms with Gasteiger partial charge in [0, 0.05) is 49.0 Å². The number of ketones is 1. The number of hydrogen-bond donors (Lipinski definition) is 1. The number of halogens is 4. The molecule has 1 aromatic heterocycles. The lowest BCUT2D eigenvalue weighted by Gasteiger charge is -2.36. The van der Waals surface area contributed by atoms with Gasteiger partial charge in [-0.05, 0) is 52.9 Å². The number of rotatable bonds is 6. The van der Waals surface area contributed by atoms with E-state index < -0.39 is 12.6 Å². The van der Waals surface area contributed by atoms with Crippen molar-refractivity contribution >= 4 is 39.4 Å². The molecule has 0 amide bonds. The van der Waals surface area contributed by atoms with Gasteiger partial charge < -0.3 is 10.6 Å². The van der Waals surface area contributed by atoms with Crippen LogP contribution in [0.2, 0.25) is 5.02 Å². The van der Waals surface area contributed by atoms with Crippen LogP contribution in [0, 0.1) is 0 Å². The van der Waals surface area contributed by atoms with Crippen LogP contribution in [0.25, 0.3) is 0 Å². The average molecular weight is 494 g/mol. The molecule has 4 nitrogen and oxygen atoms in total. The van der Waals surface area contributed by atoms with Crippen LogP contribution in [0.5, 0.6) is 0 Å². The van der Waals surface area contributed by atoms with Crippen LogP contribution in [0.1, 0.15) is 27.0 Å². The molecule has 4 rings (SSSR count). The monoisotopic (exact) mass is 493 g/mol. The minimum atomic E-state index is -4.20. The maximum atomic E-state index is 13.0. The molecule has 0 unspecified atom stereocenters. The Bertz CT molecular complexity index is 1110. The van der Waals surface area contributed by atoms with E-state index in [1.807, 2.05) is 5.38 Å². The summed E-state index contributed by atoms with van der Waals surface area (Å²) < 4.78 is 37.7. The molecule has 1 aliphatic heterocycles. The van der Waals surface area contributed by atoms with Gasteiger partial charge in [0.05, 0.1) is 17.0 Å². The molecule has 0 bridgehead atoms. The van der Waals surface area contributed by atoms with E-state index in [9.17, 15) is 18.0 Å². The summed E-state index contributed by atoms with van der Waals surface area (Å²) in [7, 11) is 0. The fraction of sp³-hybridized carbons (Fsp3) is 0.292. The minimum absolute atomic E-state index is 0.113. The third-order valence-corrected chi connectivity index (χ3v) is 6.81. The molecule has 0 radical (unpaired) electrons. The Hall–Kier alpha value is -2.55. The zero-order valence-corrected chi connectivity index (χ0v) is 19.3. The average Bonchev–Trinajstić information content (AvgIpc) is 3.13. The number of carbonyl (C=O) groups is 1.